The fraction of sp³-hybridized carbons (Fsp3) is 0.554. The van der Waals surface area contributed by atoms with E-state index in [-0.39, 0.29) is 69.9 Å². The summed E-state index contributed by atoms with van der Waals surface area (Å²) in [6.45, 7) is 5.03. The average Bonchev–Trinajstić information content (AvgIpc) is 1.72. The van der Waals surface area contributed by atoms with Crippen LogP contribution in [0.15, 0.2) is 121 Å². The molecule has 490 valence electrons. The Labute approximate surface area is 538 Å². The highest BCUT2D eigenvalue weighted by molar-refractivity contribution is 5.79. The first-order valence-electron chi connectivity index (χ1n) is 33.5. The third-order valence-corrected chi connectivity index (χ3v) is 22.2. The Balaban J connectivity index is 0.000000142. The van der Waals surface area contributed by atoms with Gasteiger partial charge in [-0.1, -0.05) is 73.5 Å². The maximum absolute atomic E-state index is 14.2. The summed E-state index contributed by atoms with van der Waals surface area (Å²) < 4.78 is 52.6. The van der Waals surface area contributed by atoms with Gasteiger partial charge in [0.05, 0.1) is 30.8 Å². The van der Waals surface area contributed by atoms with Crippen LogP contribution >= 0.6 is 0 Å². The highest BCUT2D eigenvalue weighted by atomic mass is 19.1. The monoisotopic (exact) mass is 1250 g/mol. The summed E-state index contributed by atoms with van der Waals surface area (Å²) in [6.07, 6.45) is 16.0. The summed E-state index contributed by atoms with van der Waals surface area (Å²) in [4.78, 5) is 54.3. The number of hydrogen-bond acceptors (Lipinski definition) is 8. The molecule has 5 aromatic carbocycles. The highest BCUT2D eigenvalue weighted by Gasteiger charge is 2.56. The molecule has 8 fully saturated rings. The number of amides is 6. The first kappa shape index (κ1) is 65.7. The van der Waals surface area contributed by atoms with Gasteiger partial charge in [0.15, 0.2) is 0 Å². The van der Waals surface area contributed by atoms with E-state index < -0.39 is 0 Å². The van der Waals surface area contributed by atoms with E-state index in [0.29, 0.717) is 49.6 Å². The topological polar surface area (TPSA) is 116 Å². The Kier molecular flexibility index (Phi) is 20.3. The fourth-order valence-electron chi connectivity index (χ4n) is 16.8. The van der Waals surface area contributed by atoms with Crippen molar-refractivity contribution in [1.29, 1.82) is 0 Å². The molecule has 3 unspecified atom stereocenters. The second-order valence-electron chi connectivity index (χ2n) is 28.6. The Hall–Kier alpha value is -6.82. The third kappa shape index (κ3) is 14.7. The van der Waals surface area contributed by atoms with E-state index in [4.69, 9.17) is 9.47 Å². The molecule has 5 aromatic rings. The van der Waals surface area contributed by atoms with Gasteiger partial charge in [-0.25, -0.2) is 27.6 Å². The maximum Gasteiger partial charge on any atom is 0.320 e. The Morgan fingerprint density at radius 2 is 0.923 bits per heavy atom. The molecular weight excluding hydrogens is 1150 g/mol. The van der Waals surface area contributed by atoms with Gasteiger partial charge in [-0.15, -0.1) is 0 Å². The summed E-state index contributed by atoms with van der Waals surface area (Å²) in [7, 11) is 15.9. The van der Waals surface area contributed by atoms with E-state index in [1.807, 2.05) is 82.6 Å². The fourth-order valence-corrected chi connectivity index (χ4v) is 16.8. The number of methoxy groups -OCH3 is 2. The minimum absolute atomic E-state index is 0.0212. The summed E-state index contributed by atoms with van der Waals surface area (Å²) in [5.41, 5.74) is 4.72. The average molecular weight is 1250 g/mol. The number of halogens is 3. The van der Waals surface area contributed by atoms with Crippen LogP contribution in [0.25, 0.3) is 0 Å². The van der Waals surface area contributed by atoms with Crippen LogP contribution < -0.4 is 20.1 Å². The lowest BCUT2D eigenvalue weighted by molar-refractivity contribution is 0.0520. The van der Waals surface area contributed by atoms with Crippen molar-refractivity contribution >= 4 is 18.1 Å². The zero-order valence-corrected chi connectivity index (χ0v) is 55.0. The molecule has 5 aliphatic carbocycles. The standard InChI is InChI=1S/C29H38FN3O2.C24H30FN3O2.C21H30FN3O/c1-31(2)27-14-15-29(17-26(27)23-8-5-9-24(30)16-23)20-32(18-22-10-12-25(35-3)13-11-22)28(34)33(29)19-21-6-4-7-21;1-27(2)22-11-12-24(14-21(22)18-5-4-6-19(25)13-18)16-28(23(29)26-24)15-17-7-9-20(30-3)10-8-17;1-24(2)19-9-10-21(12-18(19)16-7-4-8-17(22)11-16)14-23-20(26)25(21)13-15-5-3-6-15/h5,8-13,16,21,26-27H,4,6-7,14-15,17-20H2,1-3H3;4-10,13,21-22H,11-12,14-16H2,1-3H3,(H,26,29);4,7-8,11,15,18-19H,3,5-6,9-10,12-14H2,1-2H3,(H,23,26)/t26?,27-,29+;21?,22-,24+;18?,19-,21+/m111/s1. The molecule has 14 nitrogen and oxygen atoms in total. The molecule has 3 spiro atoms. The summed E-state index contributed by atoms with van der Waals surface area (Å²) >= 11 is 0. The van der Waals surface area contributed by atoms with E-state index in [1.165, 1.54) is 56.7 Å². The van der Waals surface area contributed by atoms with Gasteiger partial charge < -0.3 is 54.4 Å². The molecule has 6 amide bonds. The second kappa shape index (κ2) is 28.2. The van der Waals surface area contributed by atoms with Gasteiger partial charge in [-0.05, 0) is 226 Å². The number of hydrogen-bond donors (Lipinski definition) is 2. The molecule has 13 rings (SSSR count). The Morgan fingerprint density at radius 1 is 0.495 bits per heavy atom. The normalized spacial score (nSPS) is 28.3. The molecule has 0 radical (unpaired) electrons. The lowest BCUT2D eigenvalue weighted by atomic mass is 9.69. The number of likely N-dealkylation sites (N-methyl/N-ethyl adjacent to an activating group) is 3. The first-order valence-corrected chi connectivity index (χ1v) is 33.5. The molecule has 2 N–H and O–H groups in total. The molecule has 8 aliphatic rings. The third-order valence-electron chi connectivity index (χ3n) is 22.2. The molecular formula is C74H98F3N9O5. The van der Waals surface area contributed by atoms with Gasteiger partial charge in [-0.2, -0.15) is 0 Å². The van der Waals surface area contributed by atoms with Crippen LogP contribution in [-0.4, -0.2) is 176 Å². The van der Waals surface area contributed by atoms with Gasteiger partial charge in [0.1, 0.15) is 29.0 Å². The number of nitrogens with zero attached hydrogens (tertiary/aromatic N) is 7. The van der Waals surface area contributed by atoms with Crippen LogP contribution in [0.4, 0.5) is 27.6 Å². The van der Waals surface area contributed by atoms with Crippen LogP contribution in [0.5, 0.6) is 11.5 Å². The minimum atomic E-state index is -0.271. The molecule has 9 atom stereocenters. The lowest BCUT2D eigenvalue weighted by Gasteiger charge is -2.49. The van der Waals surface area contributed by atoms with Crippen molar-refractivity contribution in [3.8, 4) is 11.5 Å². The van der Waals surface area contributed by atoms with Gasteiger partial charge in [-0.3, -0.25) is 0 Å². The van der Waals surface area contributed by atoms with E-state index in [1.54, 1.807) is 38.5 Å². The molecule has 91 heavy (non-hydrogen) atoms. The number of urea groups is 3. The molecule has 5 saturated carbocycles. The second-order valence-corrected chi connectivity index (χ2v) is 28.6. The van der Waals surface area contributed by atoms with Gasteiger partial charge >= 0.3 is 18.1 Å². The number of carbonyl (C=O) groups excluding carboxylic acids is 3. The van der Waals surface area contributed by atoms with Crippen molar-refractivity contribution in [3.05, 3.63) is 167 Å². The lowest BCUT2D eigenvalue weighted by Crippen LogP contribution is -2.55. The largest absolute Gasteiger partial charge is 0.497 e. The number of nitrogens with one attached hydrogen (secondary N) is 2. The van der Waals surface area contributed by atoms with Crippen LogP contribution in [0, 0.1) is 29.3 Å². The van der Waals surface area contributed by atoms with Crippen LogP contribution in [-0.2, 0) is 13.1 Å². The molecule has 3 aliphatic heterocycles. The quantitative estimate of drug-likeness (QED) is 0.100. The van der Waals surface area contributed by atoms with Crippen molar-refractivity contribution in [2.75, 3.05) is 89.2 Å². The van der Waals surface area contributed by atoms with E-state index in [9.17, 15) is 27.6 Å². The van der Waals surface area contributed by atoms with Crippen LogP contribution in [0.1, 0.15) is 142 Å². The first-order chi connectivity index (χ1) is 43.8. The van der Waals surface area contributed by atoms with Crippen molar-refractivity contribution in [2.45, 2.75) is 162 Å². The molecule has 0 aromatic heterocycles. The number of ether oxygens (including phenoxy) is 2. The zero-order chi connectivity index (χ0) is 64.2. The summed E-state index contributed by atoms with van der Waals surface area (Å²) in [5.74, 6) is 2.93. The highest BCUT2D eigenvalue weighted by Crippen LogP contribution is 2.50. The van der Waals surface area contributed by atoms with Gasteiger partial charge in [0.2, 0.25) is 0 Å². The van der Waals surface area contributed by atoms with Gasteiger partial charge in [0.25, 0.3) is 0 Å². The summed E-state index contributed by atoms with van der Waals surface area (Å²) in [6, 6.07) is 38.2. The maximum atomic E-state index is 14.2. The smallest absolute Gasteiger partial charge is 0.320 e. The van der Waals surface area contributed by atoms with Crippen LogP contribution in [0.3, 0.4) is 0 Å². The minimum Gasteiger partial charge on any atom is -0.497 e. The molecule has 3 saturated heterocycles. The van der Waals surface area contributed by atoms with E-state index in [0.717, 1.165) is 123 Å². The van der Waals surface area contributed by atoms with Crippen molar-refractivity contribution < 1.29 is 37.0 Å². The van der Waals surface area contributed by atoms with Crippen LogP contribution in [0.2, 0.25) is 0 Å². The molecule has 17 heteroatoms. The predicted molar refractivity (Wildman–Crippen MR) is 352 cm³/mol. The van der Waals surface area contributed by atoms with Crippen molar-refractivity contribution in [2.24, 2.45) is 11.8 Å². The van der Waals surface area contributed by atoms with E-state index in [2.05, 4.69) is 83.5 Å². The predicted octanol–water partition coefficient (Wildman–Crippen LogP) is 13.1. The van der Waals surface area contributed by atoms with Gasteiger partial charge in [0, 0.05) is 81.7 Å². The number of benzene rings is 5. The molecule has 0 bridgehead atoms. The number of carbonyl (C=O) groups is 3. The SMILES string of the molecule is CN(C)[C@@H]1CC[C@@]2(CNC(=O)N2CC2CCC2)CC1c1cccc(F)c1.COc1ccc(CN2C[C@@]3(CC[C@@H](N(C)C)C(c4cccc(F)c4)C3)N(CC3CCC3)C2=O)cc1.COc1ccc(CN2C[C@@]3(CC[C@@H](N(C)C)C(c4cccc(F)c4)C3)NC2=O)cc1. The Bertz CT molecular complexity index is 3290. The molecule has 3 heterocycles. The summed E-state index contributed by atoms with van der Waals surface area (Å²) in [5, 5.41) is 6.40. The number of rotatable bonds is 16. The Morgan fingerprint density at radius 3 is 1.36 bits per heavy atom. The zero-order valence-electron chi connectivity index (χ0n) is 55.0. The van der Waals surface area contributed by atoms with Crippen molar-refractivity contribution in [3.63, 3.8) is 0 Å². The van der Waals surface area contributed by atoms with Crippen molar-refractivity contribution in [1.82, 2.24) is 44.9 Å². The van der Waals surface area contributed by atoms with E-state index >= 15 is 0 Å².